The number of carbonyl (C=O) groups excluding carboxylic acids is 1. The second-order valence-electron chi connectivity index (χ2n) is 7.21. The van der Waals surface area contributed by atoms with Crippen molar-refractivity contribution in [2.24, 2.45) is 0 Å². The number of ether oxygens (including phenoxy) is 3. The maximum Gasteiger partial charge on any atom is 0.251 e. The number of aromatic nitrogens is 1. The third-order valence-corrected chi connectivity index (χ3v) is 6.07. The molecule has 1 aliphatic rings. The molecule has 160 valence electrons. The summed E-state index contributed by atoms with van der Waals surface area (Å²) in [5.41, 5.74) is 4.55. The van der Waals surface area contributed by atoms with E-state index < -0.39 is 0 Å². The summed E-state index contributed by atoms with van der Waals surface area (Å²) in [6.07, 6.45) is 0. The van der Waals surface area contributed by atoms with Gasteiger partial charge in [0.15, 0.2) is 11.5 Å². The maximum absolute atomic E-state index is 12.3. The van der Waals surface area contributed by atoms with E-state index in [9.17, 15) is 4.79 Å². The number of methoxy groups -OCH3 is 1. The number of thiazole rings is 1. The van der Waals surface area contributed by atoms with Crippen LogP contribution in [0.3, 0.4) is 0 Å². The Morgan fingerprint density at radius 1 is 1.00 bits per heavy atom. The third-order valence-electron chi connectivity index (χ3n) is 5.18. The monoisotopic (exact) mass is 444 g/mol. The van der Waals surface area contributed by atoms with Crippen molar-refractivity contribution in [1.82, 2.24) is 10.3 Å². The summed E-state index contributed by atoms with van der Waals surface area (Å²) in [4.78, 5) is 17.1. The zero-order chi connectivity index (χ0) is 21.9. The molecule has 0 fully saturated rings. The minimum absolute atomic E-state index is 0.120. The van der Waals surface area contributed by atoms with E-state index in [2.05, 4.69) is 5.32 Å². The van der Waals surface area contributed by atoms with E-state index in [1.54, 1.807) is 42.7 Å². The van der Waals surface area contributed by atoms with Gasteiger partial charge < -0.3 is 19.5 Å². The molecule has 32 heavy (non-hydrogen) atoms. The molecule has 0 bridgehead atoms. The van der Waals surface area contributed by atoms with E-state index in [1.165, 1.54) is 0 Å². The van der Waals surface area contributed by atoms with E-state index in [0.29, 0.717) is 12.1 Å². The summed E-state index contributed by atoms with van der Waals surface area (Å²) in [6, 6.07) is 21.0. The summed E-state index contributed by atoms with van der Waals surface area (Å²) in [5.74, 6) is 2.11. The number of hydrogen-bond donors (Lipinski definition) is 1. The highest BCUT2D eigenvalue weighted by Crippen LogP contribution is 2.37. The van der Waals surface area contributed by atoms with Gasteiger partial charge in [-0.25, -0.2) is 4.98 Å². The van der Waals surface area contributed by atoms with Gasteiger partial charge in [0, 0.05) is 28.6 Å². The lowest BCUT2D eigenvalue weighted by atomic mass is 10.1. The standard InChI is InChI=1S/C25H20N2O4S/c1-29-20-9-6-17(7-10-20)24(28)26-13-16-2-4-18(5-3-16)25-27-21(14-32-25)19-8-11-22-23(12-19)31-15-30-22/h2-12,14H,13,15H2,1H3,(H,26,28). The van der Waals surface area contributed by atoms with Crippen LogP contribution in [0.25, 0.3) is 21.8 Å². The zero-order valence-electron chi connectivity index (χ0n) is 17.3. The lowest BCUT2D eigenvalue weighted by Gasteiger charge is -2.07. The van der Waals surface area contributed by atoms with Gasteiger partial charge in [-0.3, -0.25) is 4.79 Å². The number of amides is 1. The van der Waals surface area contributed by atoms with Crippen molar-refractivity contribution >= 4 is 17.2 Å². The maximum atomic E-state index is 12.3. The molecular weight excluding hydrogens is 424 g/mol. The molecule has 0 atom stereocenters. The first-order valence-corrected chi connectivity index (χ1v) is 10.9. The van der Waals surface area contributed by atoms with E-state index in [0.717, 1.165) is 44.6 Å². The molecule has 0 saturated carbocycles. The van der Waals surface area contributed by atoms with Crippen molar-refractivity contribution < 1.29 is 19.0 Å². The lowest BCUT2D eigenvalue weighted by molar-refractivity contribution is 0.0951. The molecule has 1 N–H and O–H groups in total. The number of benzene rings is 3. The van der Waals surface area contributed by atoms with Gasteiger partial charge in [0.25, 0.3) is 5.91 Å². The van der Waals surface area contributed by atoms with Gasteiger partial charge in [-0.15, -0.1) is 11.3 Å². The molecule has 3 aromatic carbocycles. The smallest absolute Gasteiger partial charge is 0.251 e. The summed E-state index contributed by atoms with van der Waals surface area (Å²) in [5, 5.41) is 5.92. The Hall–Kier alpha value is -3.84. The molecular formula is C25H20N2O4S. The predicted octanol–water partition coefficient (Wildman–Crippen LogP) is 5.14. The van der Waals surface area contributed by atoms with Crippen LogP contribution < -0.4 is 19.5 Å². The van der Waals surface area contributed by atoms with Crippen molar-refractivity contribution in [2.45, 2.75) is 6.54 Å². The number of hydrogen-bond acceptors (Lipinski definition) is 6. The molecule has 0 unspecified atom stereocenters. The predicted molar refractivity (Wildman–Crippen MR) is 123 cm³/mol. The highest BCUT2D eigenvalue weighted by molar-refractivity contribution is 7.13. The number of carbonyl (C=O) groups is 1. The average molecular weight is 445 g/mol. The molecule has 0 saturated heterocycles. The lowest BCUT2D eigenvalue weighted by Crippen LogP contribution is -2.22. The van der Waals surface area contributed by atoms with Crippen molar-refractivity contribution in [1.29, 1.82) is 0 Å². The average Bonchev–Trinajstić information content (AvgIpc) is 3.52. The highest BCUT2D eigenvalue weighted by atomic mass is 32.1. The molecule has 0 spiro atoms. The van der Waals surface area contributed by atoms with E-state index in [1.807, 2.05) is 47.8 Å². The Balaban J connectivity index is 1.23. The molecule has 1 amide bonds. The van der Waals surface area contributed by atoms with Crippen LogP contribution in [-0.2, 0) is 6.54 Å². The number of fused-ring (bicyclic) bond motifs is 1. The third kappa shape index (κ3) is 4.15. The van der Waals surface area contributed by atoms with E-state index in [4.69, 9.17) is 19.2 Å². The van der Waals surface area contributed by atoms with Crippen molar-refractivity contribution in [3.05, 3.63) is 83.2 Å². The quantitative estimate of drug-likeness (QED) is 0.446. The van der Waals surface area contributed by atoms with Gasteiger partial charge in [-0.1, -0.05) is 24.3 Å². The van der Waals surface area contributed by atoms with E-state index in [-0.39, 0.29) is 12.7 Å². The summed E-state index contributed by atoms with van der Waals surface area (Å²) in [6.45, 7) is 0.708. The van der Waals surface area contributed by atoms with Gasteiger partial charge in [-0.2, -0.15) is 0 Å². The largest absolute Gasteiger partial charge is 0.497 e. The summed E-state index contributed by atoms with van der Waals surface area (Å²) < 4.78 is 16.0. The minimum Gasteiger partial charge on any atom is -0.497 e. The Morgan fingerprint density at radius 3 is 2.53 bits per heavy atom. The first-order valence-electron chi connectivity index (χ1n) is 10.1. The van der Waals surface area contributed by atoms with Crippen LogP contribution in [0.2, 0.25) is 0 Å². The second kappa shape index (κ2) is 8.72. The Bertz CT molecular complexity index is 1250. The fraction of sp³-hybridized carbons (Fsp3) is 0.120. The second-order valence-corrected chi connectivity index (χ2v) is 8.07. The minimum atomic E-state index is -0.120. The molecule has 7 heteroatoms. The van der Waals surface area contributed by atoms with Crippen LogP contribution in [0, 0.1) is 0 Å². The van der Waals surface area contributed by atoms with Gasteiger partial charge in [0.1, 0.15) is 10.8 Å². The molecule has 6 nitrogen and oxygen atoms in total. The molecule has 1 aliphatic heterocycles. The fourth-order valence-corrected chi connectivity index (χ4v) is 4.22. The Labute approximate surface area is 189 Å². The Kier molecular flexibility index (Phi) is 5.47. The van der Waals surface area contributed by atoms with Crippen molar-refractivity contribution in [3.8, 4) is 39.1 Å². The van der Waals surface area contributed by atoms with Crippen LogP contribution in [0.5, 0.6) is 17.2 Å². The van der Waals surface area contributed by atoms with Crippen molar-refractivity contribution in [3.63, 3.8) is 0 Å². The summed E-state index contributed by atoms with van der Waals surface area (Å²) in [7, 11) is 1.60. The highest BCUT2D eigenvalue weighted by Gasteiger charge is 2.15. The SMILES string of the molecule is COc1ccc(C(=O)NCc2ccc(-c3nc(-c4ccc5c(c4)OCO5)cs3)cc2)cc1. The van der Waals surface area contributed by atoms with Gasteiger partial charge in [-0.05, 0) is 48.0 Å². The van der Waals surface area contributed by atoms with Crippen molar-refractivity contribution in [2.75, 3.05) is 13.9 Å². The normalized spacial score (nSPS) is 11.9. The number of rotatable bonds is 6. The van der Waals surface area contributed by atoms with Gasteiger partial charge >= 0.3 is 0 Å². The molecule has 2 heterocycles. The molecule has 5 rings (SSSR count). The topological polar surface area (TPSA) is 69.7 Å². The Morgan fingerprint density at radius 2 is 1.75 bits per heavy atom. The zero-order valence-corrected chi connectivity index (χ0v) is 18.1. The first kappa shape index (κ1) is 20.1. The van der Waals surface area contributed by atoms with Crippen LogP contribution in [0.4, 0.5) is 0 Å². The molecule has 0 aliphatic carbocycles. The van der Waals surface area contributed by atoms with Crippen LogP contribution in [-0.4, -0.2) is 24.8 Å². The molecule has 0 radical (unpaired) electrons. The van der Waals surface area contributed by atoms with Crippen LogP contribution in [0.1, 0.15) is 15.9 Å². The van der Waals surface area contributed by atoms with Crippen LogP contribution in [0.15, 0.2) is 72.1 Å². The van der Waals surface area contributed by atoms with Gasteiger partial charge in [0.2, 0.25) is 6.79 Å². The van der Waals surface area contributed by atoms with Crippen LogP contribution >= 0.6 is 11.3 Å². The fourth-order valence-electron chi connectivity index (χ4n) is 3.39. The molecule has 1 aromatic heterocycles. The summed E-state index contributed by atoms with van der Waals surface area (Å²) >= 11 is 1.59. The molecule has 4 aromatic rings. The van der Waals surface area contributed by atoms with E-state index >= 15 is 0 Å². The van der Waals surface area contributed by atoms with Gasteiger partial charge in [0.05, 0.1) is 12.8 Å². The number of nitrogens with zero attached hydrogens (tertiary/aromatic N) is 1. The first-order chi connectivity index (χ1) is 15.7. The number of nitrogens with one attached hydrogen (secondary N) is 1.